The molecule has 1 amide bonds. The Morgan fingerprint density at radius 3 is 2.47 bits per heavy atom. The summed E-state index contributed by atoms with van der Waals surface area (Å²) in [6.45, 7) is 2.48. The van der Waals surface area contributed by atoms with Crippen LogP contribution in [0.3, 0.4) is 0 Å². The predicted octanol–water partition coefficient (Wildman–Crippen LogP) is 4.61. The van der Waals surface area contributed by atoms with Crippen molar-refractivity contribution in [1.29, 1.82) is 0 Å². The van der Waals surface area contributed by atoms with E-state index in [1.54, 1.807) is 9.21 Å². The van der Waals surface area contributed by atoms with Gasteiger partial charge in [-0.25, -0.2) is 17.5 Å². The monoisotopic (exact) mass is 691 g/mol. The number of esters is 1. The van der Waals surface area contributed by atoms with E-state index in [1.165, 1.54) is 18.4 Å². The number of ether oxygens (including phenoxy) is 3. The molecule has 0 spiro atoms. The summed E-state index contributed by atoms with van der Waals surface area (Å²) in [6.07, 6.45) is 1.37. The third-order valence-electron chi connectivity index (χ3n) is 7.40. The van der Waals surface area contributed by atoms with Crippen LogP contribution in [0.2, 0.25) is 0 Å². The Morgan fingerprint density at radius 2 is 1.77 bits per heavy atom. The van der Waals surface area contributed by atoms with E-state index < -0.39 is 16.0 Å². The smallest absolute Gasteiger partial charge is 0.343 e. The third-order valence-corrected chi connectivity index (χ3v) is 11.5. The quantitative estimate of drug-likeness (QED) is 0.307. The molecule has 3 heterocycles. The number of anilines is 1. The molecule has 1 aromatic heterocycles. The minimum absolute atomic E-state index is 0.00499. The lowest BCUT2D eigenvalue weighted by atomic mass is 10.1. The number of sulfonamides is 1. The summed E-state index contributed by atoms with van der Waals surface area (Å²) in [5.41, 5.74) is 2.54. The number of carbonyl (C=O) groups excluding carboxylic acids is 2. The van der Waals surface area contributed by atoms with Gasteiger partial charge in [-0.3, -0.25) is 4.79 Å². The van der Waals surface area contributed by atoms with E-state index in [0.29, 0.717) is 67.3 Å². The van der Waals surface area contributed by atoms with Crippen molar-refractivity contribution in [2.24, 2.45) is 0 Å². The van der Waals surface area contributed by atoms with E-state index >= 15 is 0 Å². The second-order valence-corrected chi connectivity index (χ2v) is 14.1. The molecule has 2 aliphatic heterocycles. The first kappa shape index (κ1) is 31.5. The van der Waals surface area contributed by atoms with Crippen LogP contribution in [0.15, 0.2) is 59.1 Å². The molecule has 0 unspecified atom stereocenters. The molecule has 0 aliphatic carbocycles. The van der Waals surface area contributed by atoms with Crippen LogP contribution in [-0.2, 0) is 30.0 Å². The maximum Gasteiger partial charge on any atom is 0.343 e. The van der Waals surface area contributed by atoms with Crippen molar-refractivity contribution >= 4 is 54.9 Å². The molecule has 0 saturated carbocycles. The Labute approximate surface area is 264 Å². The van der Waals surface area contributed by atoms with Crippen molar-refractivity contribution in [3.8, 4) is 16.2 Å². The lowest BCUT2D eigenvalue weighted by molar-refractivity contribution is -0.142. The van der Waals surface area contributed by atoms with Crippen molar-refractivity contribution in [3.05, 3.63) is 69.5 Å². The van der Waals surface area contributed by atoms with Crippen LogP contribution in [0.5, 0.6) is 5.75 Å². The molecular formula is C30H34BrN3O7S2. The average Bonchev–Trinajstić information content (AvgIpc) is 3.36. The van der Waals surface area contributed by atoms with Crippen molar-refractivity contribution in [1.82, 2.24) is 9.21 Å². The lowest BCUT2D eigenvalue weighted by Gasteiger charge is -2.32. The van der Waals surface area contributed by atoms with E-state index in [-0.39, 0.29) is 24.3 Å². The first-order valence-corrected chi connectivity index (χ1v) is 17.2. The van der Waals surface area contributed by atoms with Gasteiger partial charge in [-0.1, -0.05) is 42.5 Å². The first-order chi connectivity index (χ1) is 20.7. The summed E-state index contributed by atoms with van der Waals surface area (Å²) >= 11 is 4.93. The van der Waals surface area contributed by atoms with Gasteiger partial charge in [-0.2, -0.15) is 0 Å². The van der Waals surface area contributed by atoms with Crippen molar-refractivity contribution in [3.63, 3.8) is 0 Å². The highest BCUT2D eigenvalue weighted by Crippen LogP contribution is 2.46. The zero-order valence-electron chi connectivity index (χ0n) is 23.8. The summed E-state index contributed by atoms with van der Waals surface area (Å²) in [5.74, 6) is -0.410. The standard InChI is InChI=1S/C30H34BrN3O7S2/c1-39-25(35)19-41-27-26(31)28(42-29(27)30(36)33-14-16-40-17-15-33)22-8-5-9-24(18-22)32-23-10-12-34(13-11-23)43(37,38)20-21-6-3-2-4-7-21/h2-9,18,23,32H,10-17,19-20H2,1H3. The third kappa shape index (κ3) is 7.76. The summed E-state index contributed by atoms with van der Waals surface area (Å²) in [6, 6.07) is 17.2. The minimum Gasteiger partial charge on any atom is -0.479 e. The number of hydrogen-bond acceptors (Lipinski definition) is 9. The molecule has 230 valence electrons. The van der Waals surface area contributed by atoms with Gasteiger partial charge in [0, 0.05) is 37.9 Å². The topological polar surface area (TPSA) is 114 Å². The van der Waals surface area contributed by atoms with Crippen molar-refractivity contribution in [2.75, 3.05) is 58.4 Å². The summed E-state index contributed by atoms with van der Waals surface area (Å²) in [7, 11) is -2.10. The molecule has 3 aromatic rings. The van der Waals surface area contributed by atoms with Crippen molar-refractivity contribution in [2.45, 2.75) is 24.6 Å². The minimum atomic E-state index is -3.39. The van der Waals surface area contributed by atoms with Gasteiger partial charge in [-0.15, -0.1) is 11.3 Å². The van der Waals surface area contributed by atoms with Gasteiger partial charge in [0.05, 0.1) is 35.4 Å². The number of carbonyl (C=O) groups is 2. The number of benzene rings is 2. The van der Waals surface area contributed by atoms with Crippen LogP contribution in [-0.4, -0.2) is 88.7 Å². The second-order valence-electron chi connectivity index (χ2n) is 10.3. The molecule has 2 aliphatic rings. The van der Waals surface area contributed by atoms with Gasteiger partial charge in [0.15, 0.2) is 12.4 Å². The fourth-order valence-corrected chi connectivity index (χ4v) is 8.67. The number of nitrogens with one attached hydrogen (secondary N) is 1. The number of halogens is 1. The van der Waals surface area contributed by atoms with Crippen molar-refractivity contribution < 1.29 is 32.2 Å². The maximum absolute atomic E-state index is 13.5. The molecule has 1 N–H and O–H groups in total. The summed E-state index contributed by atoms with van der Waals surface area (Å²) in [5, 5.41) is 3.56. The van der Waals surface area contributed by atoms with Gasteiger partial charge in [0.2, 0.25) is 10.0 Å². The van der Waals surface area contributed by atoms with Gasteiger partial charge in [0.1, 0.15) is 4.88 Å². The van der Waals surface area contributed by atoms with E-state index in [1.807, 2.05) is 54.6 Å². The maximum atomic E-state index is 13.5. The molecule has 10 nitrogen and oxygen atoms in total. The van der Waals surface area contributed by atoms with Crippen LogP contribution in [0.1, 0.15) is 28.1 Å². The fraction of sp³-hybridized carbons (Fsp3) is 0.400. The molecule has 0 atom stereocenters. The van der Waals surface area contributed by atoms with Crippen LogP contribution < -0.4 is 10.1 Å². The highest BCUT2D eigenvalue weighted by molar-refractivity contribution is 9.10. The summed E-state index contributed by atoms with van der Waals surface area (Å²) in [4.78, 5) is 28.2. The van der Waals surface area contributed by atoms with Gasteiger partial charge in [-0.05, 0) is 52.0 Å². The largest absolute Gasteiger partial charge is 0.479 e. The van der Waals surface area contributed by atoms with Gasteiger partial charge in [0.25, 0.3) is 5.91 Å². The Kier molecular flexibility index (Phi) is 10.4. The Bertz CT molecular complexity index is 1530. The molecule has 2 fully saturated rings. The van der Waals surface area contributed by atoms with E-state index in [4.69, 9.17) is 14.2 Å². The van der Waals surface area contributed by atoms with Gasteiger partial charge < -0.3 is 24.4 Å². The summed E-state index contributed by atoms with van der Waals surface area (Å²) < 4.78 is 44.0. The average molecular weight is 693 g/mol. The molecule has 5 rings (SSSR count). The first-order valence-electron chi connectivity index (χ1n) is 14.0. The van der Waals surface area contributed by atoms with E-state index in [2.05, 4.69) is 21.2 Å². The Hall–Kier alpha value is -2.97. The van der Waals surface area contributed by atoms with Crippen LogP contribution in [0.25, 0.3) is 10.4 Å². The van der Waals surface area contributed by atoms with Crippen LogP contribution in [0.4, 0.5) is 5.69 Å². The highest BCUT2D eigenvalue weighted by Gasteiger charge is 2.30. The molecule has 2 saturated heterocycles. The number of methoxy groups -OCH3 is 1. The lowest BCUT2D eigenvalue weighted by Crippen LogP contribution is -2.42. The number of amides is 1. The number of piperidine rings is 1. The normalized spacial score (nSPS) is 16.6. The van der Waals surface area contributed by atoms with Crippen LogP contribution >= 0.6 is 27.3 Å². The highest BCUT2D eigenvalue weighted by atomic mass is 79.9. The van der Waals surface area contributed by atoms with Gasteiger partial charge >= 0.3 is 5.97 Å². The zero-order valence-corrected chi connectivity index (χ0v) is 27.0. The Morgan fingerprint density at radius 1 is 1.05 bits per heavy atom. The van der Waals surface area contributed by atoms with E-state index in [0.717, 1.165) is 21.7 Å². The number of rotatable bonds is 10. The Balaban J connectivity index is 1.29. The number of hydrogen-bond donors (Lipinski definition) is 1. The van der Waals surface area contributed by atoms with E-state index in [9.17, 15) is 18.0 Å². The number of thiophene rings is 1. The molecular weight excluding hydrogens is 658 g/mol. The fourth-order valence-electron chi connectivity index (χ4n) is 5.09. The van der Waals surface area contributed by atoms with Crippen LogP contribution in [0, 0.1) is 0 Å². The SMILES string of the molecule is COC(=O)COc1c(C(=O)N2CCOCC2)sc(-c2cccc(NC3CCN(S(=O)(=O)Cc4ccccc4)CC3)c2)c1Br. The number of nitrogens with zero attached hydrogens (tertiary/aromatic N) is 2. The predicted molar refractivity (Wildman–Crippen MR) is 169 cm³/mol. The molecule has 2 aromatic carbocycles. The molecule has 43 heavy (non-hydrogen) atoms. The zero-order chi connectivity index (χ0) is 30.4. The second kappa shape index (κ2) is 14.2. The molecule has 0 bridgehead atoms. The molecule has 13 heteroatoms. The number of morpholine rings is 1. The molecule has 0 radical (unpaired) electrons.